The molecule has 2 aromatic carbocycles. The fourth-order valence-electron chi connectivity index (χ4n) is 3.59. The van der Waals surface area contributed by atoms with Crippen molar-refractivity contribution in [1.29, 1.82) is 0 Å². The van der Waals surface area contributed by atoms with Crippen molar-refractivity contribution in [3.05, 3.63) is 65.7 Å². The van der Waals surface area contributed by atoms with Crippen LogP contribution in [0.15, 0.2) is 54.6 Å². The first kappa shape index (κ1) is 30.7. The lowest BCUT2D eigenvalue weighted by Gasteiger charge is -2.25. The molecule has 210 valence electrons. The van der Waals surface area contributed by atoms with Gasteiger partial charge in [0, 0.05) is 19.3 Å². The molecule has 2 aromatic rings. The van der Waals surface area contributed by atoms with Gasteiger partial charge >= 0.3 is 5.97 Å². The minimum absolute atomic E-state index is 0.00462. The van der Waals surface area contributed by atoms with Crippen molar-refractivity contribution < 1.29 is 39.3 Å². The Labute approximate surface area is 224 Å². The number of aliphatic hydroxyl groups excluding tert-OH is 1. The van der Waals surface area contributed by atoms with E-state index in [1.54, 1.807) is 30.3 Å². The molecule has 4 amide bonds. The number of aliphatic carboxylic acids is 1. The van der Waals surface area contributed by atoms with Crippen LogP contribution in [0.4, 0.5) is 0 Å². The van der Waals surface area contributed by atoms with Crippen molar-refractivity contribution >= 4 is 29.6 Å². The summed E-state index contributed by atoms with van der Waals surface area (Å²) >= 11 is 0. The third-order valence-corrected chi connectivity index (χ3v) is 5.75. The number of aliphatic hydroxyl groups is 1. The number of benzene rings is 2. The van der Waals surface area contributed by atoms with E-state index in [9.17, 15) is 39.3 Å². The van der Waals surface area contributed by atoms with Crippen molar-refractivity contribution in [3.8, 4) is 5.75 Å². The Kier molecular flexibility index (Phi) is 11.9. The van der Waals surface area contributed by atoms with Gasteiger partial charge in [-0.25, -0.2) is 4.79 Å². The van der Waals surface area contributed by atoms with Crippen molar-refractivity contribution in [2.24, 2.45) is 11.5 Å². The van der Waals surface area contributed by atoms with Crippen LogP contribution in [0.2, 0.25) is 0 Å². The van der Waals surface area contributed by atoms with E-state index >= 15 is 0 Å². The van der Waals surface area contributed by atoms with Crippen LogP contribution in [-0.2, 0) is 36.8 Å². The average Bonchev–Trinajstić information content (AvgIpc) is 2.90. The lowest BCUT2D eigenvalue weighted by molar-refractivity contribution is -0.142. The lowest BCUT2D eigenvalue weighted by atomic mass is 10.0. The van der Waals surface area contributed by atoms with E-state index in [0.717, 1.165) is 0 Å². The highest BCUT2D eigenvalue weighted by molar-refractivity contribution is 5.94. The Morgan fingerprint density at radius 2 is 1.23 bits per heavy atom. The molecule has 0 bridgehead atoms. The Bertz CT molecular complexity index is 1140. The second-order valence-electron chi connectivity index (χ2n) is 8.88. The third-order valence-electron chi connectivity index (χ3n) is 5.75. The summed E-state index contributed by atoms with van der Waals surface area (Å²) in [5.74, 6) is -4.54. The fraction of sp³-hybridized carbons (Fsp3) is 0.346. The number of nitrogens with two attached hydrogens (primary N) is 2. The summed E-state index contributed by atoms with van der Waals surface area (Å²) in [7, 11) is 0. The molecular formula is C26H33N5O8. The van der Waals surface area contributed by atoms with E-state index in [0.29, 0.717) is 11.1 Å². The van der Waals surface area contributed by atoms with E-state index in [2.05, 4.69) is 16.0 Å². The van der Waals surface area contributed by atoms with Crippen LogP contribution in [0.5, 0.6) is 5.75 Å². The molecule has 4 atom stereocenters. The van der Waals surface area contributed by atoms with E-state index in [1.807, 2.05) is 0 Å². The second-order valence-corrected chi connectivity index (χ2v) is 8.88. The molecule has 39 heavy (non-hydrogen) atoms. The molecule has 4 unspecified atom stereocenters. The number of hydrogen-bond acceptors (Lipinski definition) is 8. The number of phenols is 1. The molecule has 0 radical (unpaired) electrons. The maximum atomic E-state index is 13.4. The predicted octanol–water partition coefficient (Wildman–Crippen LogP) is -1.70. The first-order chi connectivity index (χ1) is 18.5. The van der Waals surface area contributed by atoms with Crippen molar-refractivity contribution in [1.82, 2.24) is 16.0 Å². The quantitative estimate of drug-likeness (QED) is 0.128. The molecule has 0 aliphatic carbocycles. The van der Waals surface area contributed by atoms with Gasteiger partial charge in [-0.05, 0) is 29.7 Å². The molecule has 0 aromatic heterocycles. The molecule has 2 rings (SSSR count). The maximum Gasteiger partial charge on any atom is 0.326 e. The van der Waals surface area contributed by atoms with Crippen LogP contribution >= 0.6 is 0 Å². The van der Waals surface area contributed by atoms with Gasteiger partial charge < -0.3 is 42.7 Å². The van der Waals surface area contributed by atoms with Gasteiger partial charge in [-0.3, -0.25) is 19.2 Å². The minimum Gasteiger partial charge on any atom is -0.508 e. The zero-order valence-electron chi connectivity index (χ0n) is 21.1. The van der Waals surface area contributed by atoms with Crippen molar-refractivity contribution in [3.63, 3.8) is 0 Å². The summed E-state index contributed by atoms with van der Waals surface area (Å²) in [4.78, 5) is 61.7. The van der Waals surface area contributed by atoms with Gasteiger partial charge in [0.15, 0.2) is 0 Å². The molecule has 0 aliphatic heterocycles. The van der Waals surface area contributed by atoms with E-state index in [1.165, 1.54) is 24.3 Å². The highest BCUT2D eigenvalue weighted by Gasteiger charge is 2.30. The summed E-state index contributed by atoms with van der Waals surface area (Å²) in [6.45, 7) is -0.666. The maximum absolute atomic E-state index is 13.4. The number of amides is 4. The topological polar surface area (TPSA) is 234 Å². The number of carboxylic acid groups (broad SMARTS) is 1. The molecule has 0 spiro atoms. The zero-order chi connectivity index (χ0) is 28.9. The van der Waals surface area contributed by atoms with E-state index in [-0.39, 0.29) is 31.4 Å². The largest absolute Gasteiger partial charge is 0.508 e. The molecule has 0 saturated carbocycles. The molecule has 13 nitrogen and oxygen atoms in total. The number of aromatic hydroxyl groups is 1. The molecule has 0 fully saturated rings. The molecule has 0 aliphatic rings. The highest BCUT2D eigenvalue weighted by Crippen LogP contribution is 2.12. The van der Waals surface area contributed by atoms with Crippen LogP contribution in [0.1, 0.15) is 24.0 Å². The van der Waals surface area contributed by atoms with E-state index in [4.69, 9.17) is 11.5 Å². The molecule has 0 heterocycles. The van der Waals surface area contributed by atoms with Gasteiger partial charge in [0.05, 0.1) is 6.61 Å². The smallest absolute Gasteiger partial charge is 0.326 e. The summed E-state index contributed by atoms with van der Waals surface area (Å²) in [6.07, 6.45) is -0.595. The molecule has 13 heteroatoms. The van der Waals surface area contributed by atoms with Gasteiger partial charge in [-0.1, -0.05) is 42.5 Å². The zero-order valence-corrected chi connectivity index (χ0v) is 21.1. The van der Waals surface area contributed by atoms with Crippen LogP contribution in [0.3, 0.4) is 0 Å². The SMILES string of the molecule is NC(=O)CCC(NC(=O)C(Cc1ccccc1)NC(=O)C(Cc1ccc(O)cc1)NC(=O)C(N)CO)C(=O)O. The van der Waals surface area contributed by atoms with Crippen LogP contribution < -0.4 is 27.4 Å². The molecule has 0 saturated heterocycles. The van der Waals surface area contributed by atoms with Gasteiger partial charge in [0.1, 0.15) is 29.9 Å². The number of nitrogens with one attached hydrogen (secondary N) is 3. The van der Waals surface area contributed by atoms with Crippen LogP contribution in [0, 0.1) is 0 Å². The third kappa shape index (κ3) is 10.4. The molecule has 10 N–H and O–H groups in total. The lowest BCUT2D eigenvalue weighted by Crippen LogP contribution is -2.58. The number of hydrogen-bond donors (Lipinski definition) is 8. The van der Waals surface area contributed by atoms with Crippen LogP contribution in [0.25, 0.3) is 0 Å². The van der Waals surface area contributed by atoms with Crippen molar-refractivity contribution in [2.75, 3.05) is 6.61 Å². The van der Waals surface area contributed by atoms with E-state index < -0.39 is 60.4 Å². The predicted molar refractivity (Wildman–Crippen MR) is 139 cm³/mol. The first-order valence-corrected chi connectivity index (χ1v) is 12.1. The Morgan fingerprint density at radius 1 is 0.744 bits per heavy atom. The van der Waals surface area contributed by atoms with Crippen LogP contribution in [-0.4, -0.2) is 75.7 Å². The second kappa shape index (κ2) is 15.1. The number of carbonyl (C=O) groups excluding carboxylic acids is 4. The van der Waals surface area contributed by atoms with Crippen molar-refractivity contribution in [2.45, 2.75) is 49.9 Å². The summed E-state index contributed by atoms with van der Waals surface area (Å²) in [6, 6.07) is 9.27. The van der Waals surface area contributed by atoms with Gasteiger partial charge in [-0.2, -0.15) is 0 Å². The monoisotopic (exact) mass is 543 g/mol. The minimum atomic E-state index is -1.43. The number of rotatable bonds is 15. The number of carbonyl (C=O) groups is 5. The van der Waals surface area contributed by atoms with Gasteiger partial charge in [-0.15, -0.1) is 0 Å². The highest BCUT2D eigenvalue weighted by atomic mass is 16.4. The number of phenolic OH excluding ortho intramolecular Hbond substituents is 1. The summed E-state index contributed by atoms with van der Waals surface area (Å²) < 4.78 is 0. The van der Waals surface area contributed by atoms with Gasteiger partial charge in [0.2, 0.25) is 23.6 Å². The average molecular weight is 544 g/mol. The van der Waals surface area contributed by atoms with Gasteiger partial charge in [0.25, 0.3) is 0 Å². The number of carboxylic acids is 1. The molecular weight excluding hydrogens is 510 g/mol. The Morgan fingerprint density at radius 3 is 1.72 bits per heavy atom. The fourth-order valence-corrected chi connectivity index (χ4v) is 3.59. The summed E-state index contributed by atoms with van der Waals surface area (Å²) in [5, 5.41) is 35.6. The Hall–Kier alpha value is -4.49. The number of primary amides is 1. The standard InChI is InChI=1S/C26H33N5O8/c27-18(14-32)23(35)30-20(13-16-6-8-17(33)9-7-16)25(37)31-21(12-15-4-2-1-3-5-15)24(36)29-19(26(38)39)10-11-22(28)34/h1-9,18-21,32-33H,10-14,27H2,(H2,28,34)(H,29,36)(H,30,35)(H,31,37)(H,38,39). The first-order valence-electron chi connectivity index (χ1n) is 12.1. The normalized spacial score (nSPS) is 13.8. The summed E-state index contributed by atoms with van der Waals surface area (Å²) in [5.41, 5.74) is 11.9. The Balaban J connectivity index is 2.30.